The molecule has 0 radical (unpaired) electrons. The first-order valence-electron chi connectivity index (χ1n) is 3.63. The third-order valence-corrected chi connectivity index (χ3v) is 1.12. The molecule has 0 saturated heterocycles. The van der Waals surface area contributed by atoms with Crippen molar-refractivity contribution in [3.8, 4) is 0 Å². The maximum atomic E-state index is 4.51. The summed E-state index contributed by atoms with van der Waals surface area (Å²) in [5.74, 6) is 0. The highest BCUT2D eigenvalue weighted by Gasteiger charge is 1.85. The Morgan fingerprint density at radius 3 is 2.55 bits per heavy atom. The number of allylic oxidation sites excluding steroid dienone is 3. The van der Waals surface area contributed by atoms with Gasteiger partial charge in [-0.3, -0.25) is 0 Å². The first kappa shape index (κ1) is 10.3. The van der Waals surface area contributed by atoms with Crippen LogP contribution in [0.15, 0.2) is 28.4 Å². The van der Waals surface area contributed by atoms with Crippen molar-refractivity contribution < 1.29 is 0 Å². The fraction of sp³-hybridized carbons (Fsp3) is 0.444. The molecule has 0 aromatic heterocycles. The van der Waals surface area contributed by atoms with Crippen LogP contribution in [0.25, 0.3) is 0 Å². The summed E-state index contributed by atoms with van der Waals surface area (Å²) in [6.45, 7) is 6.13. The normalized spacial score (nSPS) is 10.3. The predicted molar refractivity (Wildman–Crippen MR) is 52.8 cm³/mol. The molecular formula is C9H13NS. The van der Waals surface area contributed by atoms with E-state index in [0.717, 1.165) is 12.1 Å². The van der Waals surface area contributed by atoms with Crippen molar-refractivity contribution in [1.29, 1.82) is 0 Å². The summed E-state index contributed by atoms with van der Waals surface area (Å²) in [7, 11) is 0. The second kappa shape index (κ2) is 6.02. The van der Waals surface area contributed by atoms with E-state index in [1.54, 1.807) is 0 Å². The van der Waals surface area contributed by atoms with E-state index in [4.69, 9.17) is 0 Å². The monoisotopic (exact) mass is 167 g/mol. The zero-order valence-electron chi connectivity index (χ0n) is 7.22. The fourth-order valence-electron chi connectivity index (χ4n) is 0.694. The Labute approximate surface area is 73.5 Å². The topological polar surface area (TPSA) is 12.4 Å². The van der Waals surface area contributed by atoms with Crippen LogP contribution >= 0.6 is 12.2 Å². The average molecular weight is 167 g/mol. The van der Waals surface area contributed by atoms with Gasteiger partial charge in [-0.25, -0.2) is 0 Å². The number of hydrogen-bond donors (Lipinski definition) is 0. The van der Waals surface area contributed by atoms with Gasteiger partial charge in [-0.15, -0.1) is 0 Å². The number of aliphatic imine (C=N–C) groups is 1. The minimum Gasteiger partial charge on any atom is -0.195 e. The highest BCUT2D eigenvalue weighted by molar-refractivity contribution is 7.78. The van der Waals surface area contributed by atoms with Crippen molar-refractivity contribution in [3.63, 3.8) is 0 Å². The van der Waals surface area contributed by atoms with E-state index in [2.05, 4.69) is 29.3 Å². The van der Waals surface area contributed by atoms with Gasteiger partial charge in [-0.05, 0) is 38.6 Å². The molecule has 0 bridgehead atoms. The summed E-state index contributed by atoms with van der Waals surface area (Å²) < 4.78 is 0. The molecule has 0 saturated carbocycles. The number of rotatable bonds is 3. The van der Waals surface area contributed by atoms with Crippen molar-refractivity contribution >= 4 is 17.4 Å². The van der Waals surface area contributed by atoms with Crippen molar-refractivity contribution in [1.82, 2.24) is 0 Å². The van der Waals surface area contributed by atoms with E-state index in [0.29, 0.717) is 0 Å². The van der Waals surface area contributed by atoms with Crippen molar-refractivity contribution in [2.24, 2.45) is 4.99 Å². The molecule has 11 heavy (non-hydrogen) atoms. The molecule has 0 unspecified atom stereocenters. The zero-order valence-corrected chi connectivity index (χ0v) is 8.03. The minimum absolute atomic E-state index is 0.905. The lowest BCUT2D eigenvalue weighted by Gasteiger charge is -1.91. The smallest absolute Gasteiger partial charge is 0.0698 e. The van der Waals surface area contributed by atoms with Crippen molar-refractivity contribution in [2.75, 3.05) is 0 Å². The van der Waals surface area contributed by atoms with Crippen LogP contribution in [0.4, 0.5) is 0 Å². The van der Waals surface area contributed by atoms with E-state index < -0.39 is 0 Å². The van der Waals surface area contributed by atoms with E-state index in [1.807, 2.05) is 26.0 Å². The van der Waals surface area contributed by atoms with Gasteiger partial charge in [-0.1, -0.05) is 18.6 Å². The SMILES string of the molecule is CC/C=C(\C=C(C)C)N=C=S. The number of hydrogen-bond acceptors (Lipinski definition) is 2. The quantitative estimate of drug-likeness (QED) is 0.357. The average Bonchev–Trinajstić information content (AvgIpc) is 1.87. The van der Waals surface area contributed by atoms with Gasteiger partial charge >= 0.3 is 0 Å². The molecule has 0 rings (SSSR count). The predicted octanol–water partition coefficient (Wildman–Crippen LogP) is 3.35. The molecular weight excluding hydrogens is 154 g/mol. The summed E-state index contributed by atoms with van der Waals surface area (Å²) in [5.41, 5.74) is 2.13. The van der Waals surface area contributed by atoms with E-state index in [1.165, 1.54) is 5.57 Å². The minimum atomic E-state index is 0.905. The highest BCUT2D eigenvalue weighted by Crippen LogP contribution is 2.03. The molecule has 0 spiro atoms. The molecule has 0 heterocycles. The van der Waals surface area contributed by atoms with Crippen LogP contribution in [0.3, 0.4) is 0 Å². The van der Waals surface area contributed by atoms with E-state index in [-0.39, 0.29) is 0 Å². The summed E-state index contributed by atoms with van der Waals surface area (Å²) >= 11 is 4.51. The standard InChI is InChI=1S/C9H13NS/c1-4-5-9(10-7-11)6-8(2)3/h5-6H,4H2,1-3H3/b9-5+. The van der Waals surface area contributed by atoms with Gasteiger partial charge in [0.25, 0.3) is 0 Å². The van der Waals surface area contributed by atoms with Crippen LogP contribution in [-0.4, -0.2) is 5.16 Å². The Kier molecular flexibility index (Phi) is 5.63. The second-order valence-corrected chi connectivity index (χ2v) is 2.64. The Morgan fingerprint density at radius 2 is 2.18 bits per heavy atom. The van der Waals surface area contributed by atoms with Gasteiger partial charge < -0.3 is 0 Å². The van der Waals surface area contributed by atoms with Crippen molar-refractivity contribution in [3.05, 3.63) is 23.4 Å². The summed E-state index contributed by atoms with van der Waals surface area (Å²) in [6, 6.07) is 0. The van der Waals surface area contributed by atoms with Gasteiger partial charge in [0.2, 0.25) is 0 Å². The van der Waals surface area contributed by atoms with E-state index >= 15 is 0 Å². The number of thiocarbonyl (C=S) groups is 1. The molecule has 0 aromatic carbocycles. The Morgan fingerprint density at radius 1 is 1.55 bits per heavy atom. The number of isothiocyanates is 1. The molecule has 1 nitrogen and oxygen atoms in total. The molecule has 2 heteroatoms. The molecule has 0 amide bonds. The lowest BCUT2D eigenvalue weighted by molar-refractivity contribution is 1.18. The number of nitrogens with zero attached hydrogens (tertiary/aromatic N) is 1. The molecule has 0 atom stereocenters. The van der Waals surface area contributed by atoms with Crippen molar-refractivity contribution in [2.45, 2.75) is 27.2 Å². The van der Waals surface area contributed by atoms with Gasteiger partial charge in [-0.2, -0.15) is 4.99 Å². The lowest BCUT2D eigenvalue weighted by Crippen LogP contribution is -1.73. The first-order chi connectivity index (χ1) is 5.20. The molecule has 0 N–H and O–H groups in total. The molecule has 0 aliphatic carbocycles. The Hall–Kier alpha value is -0.720. The van der Waals surface area contributed by atoms with Gasteiger partial charge in [0.05, 0.1) is 10.9 Å². The van der Waals surface area contributed by atoms with Crippen LogP contribution in [-0.2, 0) is 0 Å². The summed E-state index contributed by atoms with van der Waals surface area (Å²) in [6.07, 6.45) is 4.98. The maximum absolute atomic E-state index is 4.51. The van der Waals surface area contributed by atoms with Crippen LogP contribution in [0.5, 0.6) is 0 Å². The van der Waals surface area contributed by atoms with Crippen LogP contribution in [0.1, 0.15) is 27.2 Å². The van der Waals surface area contributed by atoms with Crippen LogP contribution < -0.4 is 0 Å². The molecule has 60 valence electrons. The lowest BCUT2D eigenvalue weighted by atomic mass is 10.2. The van der Waals surface area contributed by atoms with Gasteiger partial charge in [0.1, 0.15) is 0 Å². The first-order valence-corrected chi connectivity index (χ1v) is 4.04. The fourth-order valence-corrected chi connectivity index (χ4v) is 0.800. The van der Waals surface area contributed by atoms with Gasteiger partial charge in [0.15, 0.2) is 0 Å². The third-order valence-electron chi connectivity index (χ3n) is 1.02. The molecule has 0 aliphatic heterocycles. The summed E-state index contributed by atoms with van der Waals surface area (Å²) in [5, 5.41) is 2.35. The molecule has 0 aliphatic rings. The zero-order chi connectivity index (χ0) is 8.69. The van der Waals surface area contributed by atoms with Gasteiger partial charge in [0, 0.05) is 0 Å². The highest BCUT2D eigenvalue weighted by atomic mass is 32.1. The van der Waals surface area contributed by atoms with Crippen LogP contribution in [0, 0.1) is 0 Å². The third kappa shape index (κ3) is 5.71. The molecule has 0 aromatic rings. The van der Waals surface area contributed by atoms with E-state index in [9.17, 15) is 0 Å². The molecule has 0 fully saturated rings. The second-order valence-electron chi connectivity index (χ2n) is 2.46. The Balaban J connectivity index is 4.48. The summed E-state index contributed by atoms with van der Waals surface area (Å²) in [4.78, 5) is 3.90. The Bertz CT molecular complexity index is 216. The largest absolute Gasteiger partial charge is 0.195 e. The van der Waals surface area contributed by atoms with Crippen LogP contribution in [0.2, 0.25) is 0 Å². The maximum Gasteiger partial charge on any atom is 0.0698 e.